The molecule has 0 fully saturated rings. The molecule has 0 aromatic heterocycles. The van der Waals surface area contributed by atoms with Gasteiger partial charge in [0.25, 0.3) is 0 Å². The first-order chi connectivity index (χ1) is 12.6. The van der Waals surface area contributed by atoms with Crippen LogP contribution in [0.25, 0.3) is 0 Å². The zero-order valence-electron chi connectivity index (χ0n) is 13.8. The molecule has 0 aliphatic carbocycles. The van der Waals surface area contributed by atoms with Gasteiger partial charge in [-0.2, -0.15) is 0 Å². The molecule has 3 rings (SSSR count). The Labute approximate surface area is 150 Å². The van der Waals surface area contributed by atoms with E-state index in [9.17, 15) is 9.18 Å². The minimum absolute atomic E-state index is 0.228. The van der Waals surface area contributed by atoms with Gasteiger partial charge in [0.15, 0.2) is 0 Å². The first kappa shape index (κ1) is 17.4. The van der Waals surface area contributed by atoms with E-state index >= 15 is 0 Å². The molecule has 0 atom stereocenters. The van der Waals surface area contributed by atoms with E-state index in [0.29, 0.717) is 5.75 Å². The fraction of sp³-hybridized carbons (Fsp3) is 0.0476. The van der Waals surface area contributed by atoms with Gasteiger partial charge in [-0.3, -0.25) is 4.99 Å². The number of carboxylic acids is 1. The van der Waals surface area contributed by atoms with Crippen molar-refractivity contribution in [3.05, 3.63) is 95.3 Å². The second kappa shape index (κ2) is 8.07. The summed E-state index contributed by atoms with van der Waals surface area (Å²) < 4.78 is 19.5. The molecule has 0 unspecified atom stereocenters. The van der Waals surface area contributed by atoms with E-state index in [1.165, 1.54) is 18.2 Å². The average Bonchev–Trinajstić information content (AvgIpc) is 2.66. The summed E-state index contributed by atoms with van der Waals surface area (Å²) in [5, 5.41) is 8.92. The largest absolute Gasteiger partial charge is 0.488 e. The number of carboxylic acid groups (broad SMARTS) is 1. The Morgan fingerprint density at radius 1 is 1.00 bits per heavy atom. The molecule has 0 aliphatic rings. The molecule has 4 nitrogen and oxygen atoms in total. The summed E-state index contributed by atoms with van der Waals surface area (Å²) >= 11 is 0. The lowest BCUT2D eigenvalue weighted by Crippen LogP contribution is -2.00. The third-order valence-electron chi connectivity index (χ3n) is 3.71. The SMILES string of the molecule is O=C(O)c1ccc(COc2ccccc2C=Nc2ccccc2F)cc1. The van der Waals surface area contributed by atoms with Crippen LogP contribution < -0.4 is 4.74 Å². The van der Waals surface area contributed by atoms with E-state index in [-0.39, 0.29) is 23.7 Å². The van der Waals surface area contributed by atoms with Crippen molar-refractivity contribution in [1.82, 2.24) is 0 Å². The quantitative estimate of drug-likeness (QED) is 0.647. The number of nitrogens with zero attached hydrogens (tertiary/aromatic N) is 1. The van der Waals surface area contributed by atoms with Gasteiger partial charge < -0.3 is 9.84 Å². The van der Waals surface area contributed by atoms with Crippen molar-refractivity contribution in [2.75, 3.05) is 0 Å². The molecule has 0 aliphatic heterocycles. The van der Waals surface area contributed by atoms with Gasteiger partial charge in [0.1, 0.15) is 18.2 Å². The molecule has 5 heteroatoms. The minimum Gasteiger partial charge on any atom is -0.488 e. The summed E-state index contributed by atoms with van der Waals surface area (Å²) in [5.41, 5.74) is 2.05. The van der Waals surface area contributed by atoms with E-state index in [2.05, 4.69) is 4.99 Å². The smallest absolute Gasteiger partial charge is 0.335 e. The molecular formula is C21H16FNO3. The maximum absolute atomic E-state index is 13.7. The predicted molar refractivity (Wildman–Crippen MR) is 97.8 cm³/mol. The number of halogens is 1. The number of aromatic carboxylic acids is 1. The fourth-order valence-electron chi connectivity index (χ4n) is 2.32. The molecule has 3 aromatic carbocycles. The number of hydrogen-bond acceptors (Lipinski definition) is 3. The van der Waals surface area contributed by atoms with Gasteiger partial charge in [0.2, 0.25) is 0 Å². The highest BCUT2D eigenvalue weighted by Gasteiger charge is 2.05. The summed E-state index contributed by atoms with van der Waals surface area (Å²) in [6.45, 7) is 0.282. The topological polar surface area (TPSA) is 58.9 Å². The van der Waals surface area contributed by atoms with Crippen molar-refractivity contribution >= 4 is 17.9 Å². The summed E-state index contributed by atoms with van der Waals surface area (Å²) in [6.07, 6.45) is 1.56. The van der Waals surface area contributed by atoms with Crippen molar-refractivity contribution in [2.45, 2.75) is 6.61 Å². The molecule has 0 saturated carbocycles. The molecule has 0 spiro atoms. The monoisotopic (exact) mass is 349 g/mol. The number of ether oxygens (including phenoxy) is 1. The number of para-hydroxylation sites is 2. The lowest BCUT2D eigenvalue weighted by Gasteiger charge is -2.09. The number of aliphatic imine (C=N–C) groups is 1. The van der Waals surface area contributed by atoms with Crippen LogP contribution in [0.5, 0.6) is 5.75 Å². The zero-order chi connectivity index (χ0) is 18.4. The van der Waals surface area contributed by atoms with Crippen molar-refractivity contribution < 1.29 is 19.0 Å². The Morgan fingerprint density at radius 3 is 2.42 bits per heavy atom. The van der Waals surface area contributed by atoms with Gasteiger partial charge in [-0.25, -0.2) is 9.18 Å². The van der Waals surface area contributed by atoms with E-state index in [4.69, 9.17) is 9.84 Å². The highest BCUT2D eigenvalue weighted by atomic mass is 19.1. The third kappa shape index (κ3) is 4.33. The molecule has 0 radical (unpaired) electrons. The fourth-order valence-corrected chi connectivity index (χ4v) is 2.32. The molecule has 0 heterocycles. The summed E-state index contributed by atoms with van der Waals surface area (Å²) in [7, 11) is 0. The van der Waals surface area contributed by atoms with E-state index in [1.807, 2.05) is 18.2 Å². The van der Waals surface area contributed by atoms with Gasteiger partial charge in [0, 0.05) is 11.8 Å². The first-order valence-electron chi connectivity index (χ1n) is 7.96. The standard InChI is InChI=1S/C21H16FNO3/c22-18-6-2-3-7-19(18)23-13-17-5-1-4-8-20(17)26-14-15-9-11-16(12-10-15)21(24)25/h1-13H,14H2,(H,24,25). The van der Waals surface area contributed by atoms with Crippen LogP contribution >= 0.6 is 0 Å². The molecule has 0 bridgehead atoms. The van der Waals surface area contributed by atoms with Gasteiger partial charge in [-0.1, -0.05) is 36.4 Å². The van der Waals surface area contributed by atoms with Crippen molar-refractivity contribution in [3.8, 4) is 5.75 Å². The number of carbonyl (C=O) groups is 1. The zero-order valence-corrected chi connectivity index (χ0v) is 13.8. The average molecular weight is 349 g/mol. The normalized spacial score (nSPS) is 10.8. The van der Waals surface area contributed by atoms with Crippen LogP contribution in [0.4, 0.5) is 10.1 Å². The number of hydrogen-bond donors (Lipinski definition) is 1. The van der Waals surface area contributed by atoms with Crippen molar-refractivity contribution in [2.24, 2.45) is 4.99 Å². The van der Waals surface area contributed by atoms with Crippen molar-refractivity contribution in [1.29, 1.82) is 0 Å². The highest BCUT2D eigenvalue weighted by Crippen LogP contribution is 2.21. The predicted octanol–water partition coefficient (Wildman–Crippen LogP) is 4.85. The Hall–Kier alpha value is -3.47. The molecule has 26 heavy (non-hydrogen) atoms. The molecule has 1 N–H and O–H groups in total. The van der Waals surface area contributed by atoms with Crippen LogP contribution in [0, 0.1) is 5.82 Å². The van der Waals surface area contributed by atoms with E-state index in [0.717, 1.165) is 11.1 Å². The van der Waals surface area contributed by atoms with Gasteiger partial charge in [-0.15, -0.1) is 0 Å². The van der Waals surface area contributed by atoms with Crippen LogP contribution in [0.15, 0.2) is 77.8 Å². The maximum atomic E-state index is 13.7. The van der Waals surface area contributed by atoms with Gasteiger partial charge in [-0.05, 0) is 42.0 Å². The lowest BCUT2D eigenvalue weighted by molar-refractivity contribution is 0.0697. The molecule has 0 saturated heterocycles. The second-order valence-electron chi connectivity index (χ2n) is 5.54. The van der Waals surface area contributed by atoms with Crippen LogP contribution in [0.2, 0.25) is 0 Å². The van der Waals surface area contributed by atoms with Crippen LogP contribution in [-0.4, -0.2) is 17.3 Å². The van der Waals surface area contributed by atoms with Gasteiger partial charge >= 0.3 is 5.97 Å². The second-order valence-corrected chi connectivity index (χ2v) is 5.54. The summed E-state index contributed by atoms with van der Waals surface area (Å²) in [5.74, 6) is -0.747. The van der Waals surface area contributed by atoms with Crippen LogP contribution in [0.3, 0.4) is 0 Å². The van der Waals surface area contributed by atoms with Gasteiger partial charge in [0.05, 0.1) is 11.3 Å². The Morgan fingerprint density at radius 2 is 1.69 bits per heavy atom. The summed E-state index contributed by atoms with van der Waals surface area (Å²) in [4.78, 5) is 15.1. The maximum Gasteiger partial charge on any atom is 0.335 e. The molecule has 130 valence electrons. The summed E-state index contributed by atoms with van der Waals surface area (Å²) in [6, 6.07) is 20.1. The first-order valence-corrected chi connectivity index (χ1v) is 7.96. The van der Waals surface area contributed by atoms with Crippen LogP contribution in [0.1, 0.15) is 21.5 Å². The molecule has 3 aromatic rings. The minimum atomic E-state index is -0.966. The highest BCUT2D eigenvalue weighted by molar-refractivity contribution is 5.87. The lowest BCUT2D eigenvalue weighted by atomic mass is 10.1. The van der Waals surface area contributed by atoms with Crippen molar-refractivity contribution in [3.63, 3.8) is 0 Å². The molecular weight excluding hydrogens is 333 g/mol. The Bertz CT molecular complexity index is 936. The van der Waals surface area contributed by atoms with Crippen LogP contribution in [-0.2, 0) is 6.61 Å². The third-order valence-corrected chi connectivity index (χ3v) is 3.71. The van der Waals surface area contributed by atoms with E-state index < -0.39 is 5.97 Å². The Balaban J connectivity index is 1.73. The van der Waals surface area contributed by atoms with E-state index in [1.54, 1.807) is 42.6 Å². The number of benzene rings is 3. The number of rotatable bonds is 6. The Kier molecular flexibility index (Phi) is 5.39. The molecule has 0 amide bonds.